The van der Waals surface area contributed by atoms with Crippen LogP contribution in [0.1, 0.15) is 91.9 Å². The summed E-state index contributed by atoms with van der Waals surface area (Å²) in [4.78, 5) is 12.7. The van der Waals surface area contributed by atoms with Gasteiger partial charge in [0.2, 0.25) is 0 Å². The summed E-state index contributed by atoms with van der Waals surface area (Å²) in [5.41, 5.74) is 1.02. The van der Waals surface area contributed by atoms with Crippen LogP contribution in [0, 0.1) is 16.7 Å². The van der Waals surface area contributed by atoms with Gasteiger partial charge in [0, 0.05) is 18.6 Å². The number of aliphatic hydroxyl groups is 1. The molecular weight excluding hydrogens is 380 g/mol. The van der Waals surface area contributed by atoms with Crippen molar-refractivity contribution >= 4 is 5.97 Å². The quantitative estimate of drug-likeness (QED) is 0.376. The number of cyclic esters (lactones) is 1. The van der Waals surface area contributed by atoms with Gasteiger partial charge in [0.1, 0.15) is 11.7 Å². The van der Waals surface area contributed by atoms with Crippen molar-refractivity contribution in [3.05, 3.63) is 11.1 Å². The number of esters is 1. The summed E-state index contributed by atoms with van der Waals surface area (Å²) in [5.74, 6) is 0.136. The molecule has 2 aliphatic carbocycles. The number of allylic oxidation sites excluding steroid dienone is 1. The molecule has 2 heterocycles. The molecule has 0 bridgehead atoms. The Hall–Kier alpha value is -0.910. The number of hydrogen-bond donors (Lipinski definition) is 1. The summed E-state index contributed by atoms with van der Waals surface area (Å²) >= 11 is 0. The summed E-state index contributed by atoms with van der Waals surface area (Å²) in [7, 11) is 0. The van der Waals surface area contributed by atoms with E-state index in [0.29, 0.717) is 12.5 Å². The zero-order chi connectivity index (χ0) is 21.6. The second-order valence-electron chi connectivity index (χ2n) is 10.9. The minimum absolute atomic E-state index is 0.0114. The van der Waals surface area contributed by atoms with Crippen LogP contribution >= 0.6 is 0 Å². The van der Waals surface area contributed by atoms with E-state index in [9.17, 15) is 9.90 Å². The van der Waals surface area contributed by atoms with Gasteiger partial charge < -0.3 is 19.3 Å². The van der Waals surface area contributed by atoms with E-state index in [1.807, 2.05) is 0 Å². The maximum atomic E-state index is 12.7. The van der Waals surface area contributed by atoms with Gasteiger partial charge >= 0.3 is 5.97 Å². The summed E-state index contributed by atoms with van der Waals surface area (Å²) in [5, 5.41) is 12.2. The van der Waals surface area contributed by atoms with Crippen molar-refractivity contribution in [2.45, 2.75) is 110 Å². The normalized spacial score (nSPS) is 41.6. The molecule has 0 aromatic rings. The standard InChI is InChI=1S/C25H40O5/c1-17(2)18-10-11-23(3)12-13-24(4)19(30-20(26)16-25(24,27)22(18)23)8-7-15-29-21-9-5-6-14-28-21/h17,19,21,27H,5-16H2,1-4H3/t19-,21?,23-,24-,25+/m1/s1. The first kappa shape index (κ1) is 22.3. The topological polar surface area (TPSA) is 65.0 Å². The van der Waals surface area contributed by atoms with Gasteiger partial charge in [-0.3, -0.25) is 4.79 Å². The number of rotatable bonds is 6. The molecule has 5 nitrogen and oxygen atoms in total. The monoisotopic (exact) mass is 420 g/mol. The predicted octanol–water partition coefficient (Wildman–Crippen LogP) is 4.91. The zero-order valence-electron chi connectivity index (χ0n) is 19.3. The van der Waals surface area contributed by atoms with Crippen molar-refractivity contribution in [2.75, 3.05) is 13.2 Å². The van der Waals surface area contributed by atoms with Crippen molar-refractivity contribution in [1.82, 2.24) is 0 Å². The van der Waals surface area contributed by atoms with Crippen molar-refractivity contribution in [2.24, 2.45) is 16.7 Å². The van der Waals surface area contributed by atoms with Crippen molar-refractivity contribution in [1.29, 1.82) is 0 Å². The van der Waals surface area contributed by atoms with Crippen LogP contribution in [-0.4, -0.2) is 42.3 Å². The lowest BCUT2D eigenvalue weighted by Crippen LogP contribution is -2.64. The molecule has 0 aromatic heterocycles. The fourth-order valence-corrected chi connectivity index (χ4v) is 6.63. The van der Waals surface area contributed by atoms with Gasteiger partial charge in [-0.2, -0.15) is 0 Å². The molecule has 0 amide bonds. The zero-order valence-corrected chi connectivity index (χ0v) is 19.3. The summed E-state index contributed by atoms with van der Waals surface area (Å²) in [6, 6.07) is 0. The molecule has 0 aromatic carbocycles. The number of carbonyl (C=O) groups excluding carboxylic acids is 1. The Morgan fingerprint density at radius 2 is 2.00 bits per heavy atom. The van der Waals surface area contributed by atoms with E-state index in [0.717, 1.165) is 64.4 Å². The van der Waals surface area contributed by atoms with Gasteiger partial charge in [0.05, 0.1) is 6.42 Å². The van der Waals surface area contributed by atoms with E-state index in [2.05, 4.69) is 27.7 Å². The van der Waals surface area contributed by atoms with Gasteiger partial charge in [0.15, 0.2) is 6.29 Å². The van der Waals surface area contributed by atoms with Gasteiger partial charge in [0.25, 0.3) is 0 Å². The van der Waals surface area contributed by atoms with Crippen molar-refractivity contribution in [3.8, 4) is 0 Å². The second kappa shape index (κ2) is 8.22. The molecule has 4 aliphatic rings. The smallest absolute Gasteiger partial charge is 0.309 e. The lowest BCUT2D eigenvalue weighted by molar-refractivity contribution is -0.216. The largest absolute Gasteiger partial charge is 0.462 e. The second-order valence-corrected chi connectivity index (χ2v) is 10.9. The number of hydrogen-bond acceptors (Lipinski definition) is 5. The first-order valence-corrected chi connectivity index (χ1v) is 12.1. The Balaban J connectivity index is 1.51. The molecule has 3 fully saturated rings. The highest BCUT2D eigenvalue weighted by Gasteiger charge is 2.66. The van der Waals surface area contributed by atoms with E-state index in [1.165, 1.54) is 11.1 Å². The summed E-state index contributed by atoms with van der Waals surface area (Å²) < 4.78 is 17.4. The third-order valence-corrected chi connectivity index (χ3v) is 8.56. The molecular formula is C25H40O5. The lowest BCUT2D eigenvalue weighted by atomic mass is 9.50. The molecule has 5 heteroatoms. The number of fused-ring (bicyclic) bond motifs is 3. The molecule has 1 saturated carbocycles. The fourth-order valence-electron chi connectivity index (χ4n) is 6.63. The third kappa shape index (κ3) is 3.65. The van der Waals surface area contributed by atoms with Gasteiger partial charge in [-0.25, -0.2) is 0 Å². The van der Waals surface area contributed by atoms with Gasteiger partial charge in [-0.15, -0.1) is 0 Å². The van der Waals surface area contributed by atoms with Crippen LogP contribution < -0.4 is 0 Å². The highest BCUT2D eigenvalue weighted by Crippen LogP contribution is 2.65. The number of carbonyl (C=O) groups is 1. The van der Waals surface area contributed by atoms with Crippen LogP contribution in [-0.2, 0) is 19.0 Å². The predicted molar refractivity (Wildman–Crippen MR) is 115 cm³/mol. The minimum Gasteiger partial charge on any atom is -0.462 e. The maximum absolute atomic E-state index is 12.7. The van der Waals surface area contributed by atoms with Gasteiger partial charge in [-0.05, 0) is 74.7 Å². The molecule has 30 heavy (non-hydrogen) atoms. The fraction of sp³-hybridized carbons (Fsp3) is 0.880. The summed E-state index contributed by atoms with van der Waals surface area (Å²) in [6.07, 6.45) is 8.54. The summed E-state index contributed by atoms with van der Waals surface area (Å²) in [6.45, 7) is 10.3. The third-order valence-electron chi connectivity index (χ3n) is 8.56. The average molecular weight is 421 g/mol. The Morgan fingerprint density at radius 1 is 1.20 bits per heavy atom. The van der Waals surface area contributed by atoms with Crippen molar-refractivity contribution < 1.29 is 24.1 Å². The van der Waals surface area contributed by atoms with Crippen LogP contribution in [0.3, 0.4) is 0 Å². The first-order chi connectivity index (χ1) is 14.2. The Bertz CT molecular complexity index is 694. The molecule has 2 saturated heterocycles. The molecule has 1 N–H and O–H groups in total. The minimum atomic E-state index is -1.09. The van der Waals surface area contributed by atoms with Crippen molar-refractivity contribution in [3.63, 3.8) is 0 Å². The van der Waals surface area contributed by atoms with Crippen LogP contribution in [0.15, 0.2) is 11.1 Å². The lowest BCUT2D eigenvalue weighted by Gasteiger charge is -2.59. The maximum Gasteiger partial charge on any atom is 0.309 e. The first-order valence-electron chi connectivity index (χ1n) is 12.1. The van der Waals surface area contributed by atoms with Crippen LogP contribution in [0.2, 0.25) is 0 Å². The Kier molecular flexibility index (Phi) is 6.10. The Labute approximate surface area is 181 Å². The van der Waals surface area contributed by atoms with Crippen LogP contribution in [0.5, 0.6) is 0 Å². The average Bonchev–Trinajstić information content (AvgIpc) is 3.07. The van der Waals surface area contributed by atoms with E-state index in [-0.39, 0.29) is 30.2 Å². The Morgan fingerprint density at radius 3 is 2.70 bits per heavy atom. The molecule has 5 atom stereocenters. The van der Waals surface area contributed by atoms with Crippen LogP contribution in [0.25, 0.3) is 0 Å². The molecule has 0 radical (unpaired) electrons. The highest BCUT2D eigenvalue weighted by atomic mass is 16.7. The van der Waals surface area contributed by atoms with E-state index >= 15 is 0 Å². The molecule has 1 unspecified atom stereocenters. The molecule has 170 valence electrons. The van der Waals surface area contributed by atoms with E-state index < -0.39 is 11.0 Å². The van der Waals surface area contributed by atoms with Crippen LogP contribution in [0.4, 0.5) is 0 Å². The molecule has 2 aliphatic heterocycles. The van der Waals surface area contributed by atoms with Gasteiger partial charge in [-0.1, -0.05) is 33.3 Å². The number of ether oxygens (including phenoxy) is 3. The van der Waals surface area contributed by atoms with E-state index in [4.69, 9.17) is 14.2 Å². The highest BCUT2D eigenvalue weighted by molar-refractivity contribution is 5.74. The molecule has 0 spiro atoms. The SMILES string of the molecule is CC(C)C1=C2[C@](C)(CC1)CC[C@]1(C)[C@@H](CCCOC3CCCCO3)OC(=O)C[C@]21O. The molecule has 4 rings (SSSR count). The van der Waals surface area contributed by atoms with E-state index in [1.54, 1.807) is 0 Å².